The largest absolute Gasteiger partial charge is 0.495 e. The molecule has 0 spiro atoms. The van der Waals surface area contributed by atoms with Gasteiger partial charge in [-0.3, -0.25) is 9.52 Å². The van der Waals surface area contributed by atoms with E-state index < -0.39 is 10.0 Å². The summed E-state index contributed by atoms with van der Waals surface area (Å²) in [5.74, 6) is -0.209. The van der Waals surface area contributed by atoms with Crippen LogP contribution in [-0.4, -0.2) is 21.4 Å². The van der Waals surface area contributed by atoms with E-state index >= 15 is 0 Å². The number of aryl methyl sites for hydroxylation is 1. The van der Waals surface area contributed by atoms with E-state index in [9.17, 15) is 13.2 Å². The van der Waals surface area contributed by atoms with E-state index in [0.717, 1.165) is 5.56 Å². The minimum absolute atomic E-state index is 0.123. The number of carbonyl (C=O) groups is 1. The number of amides is 1. The van der Waals surface area contributed by atoms with Crippen molar-refractivity contribution in [2.24, 2.45) is 0 Å². The number of carbonyl (C=O) groups excluding carboxylic acids is 1. The fourth-order valence-corrected chi connectivity index (χ4v) is 4.21. The molecule has 6 nitrogen and oxygen atoms in total. The average molecular weight is 431 g/mol. The van der Waals surface area contributed by atoms with Gasteiger partial charge in [-0.2, -0.15) is 0 Å². The van der Waals surface area contributed by atoms with Crippen LogP contribution in [0.2, 0.25) is 5.02 Å². The molecule has 0 aliphatic carbocycles. The summed E-state index contributed by atoms with van der Waals surface area (Å²) in [5.41, 5.74) is 1.97. The predicted molar refractivity (Wildman–Crippen MR) is 114 cm³/mol. The first-order valence-electron chi connectivity index (χ1n) is 8.63. The second-order valence-electron chi connectivity index (χ2n) is 6.27. The van der Waals surface area contributed by atoms with Gasteiger partial charge >= 0.3 is 0 Å². The molecule has 0 heterocycles. The Labute approximate surface area is 174 Å². The molecule has 3 rings (SSSR count). The molecule has 150 valence electrons. The molecule has 2 N–H and O–H groups in total. The lowest BCUT2D eigenvalue weighted by Gasteiger charge is -2.14. The lowest BCUT2D eigenvalue weighted by molar-refractivity contribution is 0.102. The summed E-state index contributed by atoms with van der Waals surface area (Å²) in [6, 6.07) is 18.0. The molecule has 3 aromatic rings. The molecule has 0 bridgehead atoms. The van der Waals surface area contributed by atoms with E-state index in [2.05, 4.69) is 10.0 Å². The van der Waals surface area contributed by atoms with Gasteiger partial charge < -0.3 is 10.1 Å². The summed E-state index contributed by atoms with van der Waals surface area (Å²) in [4.78, 5) is 12.4. The van der Waals surface area contributed by atoms with Gasteiger partial charge in [-0.1, -0.05) is 41.4 Å². The second kappa shape index (κ2) is 8.55. The summed E-state index contributed by atoms with van der Waals surface area (Å²) in [5, 5.41) is 2.97. The van der Waals surface area contributed by atoms with Crippen molar-refractivity contribution in [1.29, 1.82) is 0 Å². The SMILES string of the molecule is COc1ccc(NC(=O)c2cccc(C)c2)cc1S(=O)(=O)Nc1ccccc1Cl. The number of hydrogen-bond donors (Lipinski definition) is 2. The molecule has 8 heteroatoms. The Balaban J connectivity index is 1.92. The highest BCUT2D eigenvalue weighted by Crippen LogP contribution is 2.31. The van der Waals surface area contributed by atoms with Crippen LogP contribution in [0.4, 0.5) is 11.4 Å². The molecule has 0 aromatic heterocycles. The molecule has 3 aromatic carbocycles. The van der Waals surface area contributed by atoms with Gasteiger partial charge in [0.2, 0.25) is 0 Å². The van der Waals surface area contributed by atoms with E-state index in [-0.39, 0.29) is 27.3 Å². The molecule has 1 amide bonds. The quantitative estimate of drug-likeness (QED) is 0.593. The summed E-state index contributed by atoms with van der Waals surface area (Å²) >= 11 is 6.06. The number of benzene rings is 3. The molecule has 0 saturated heterocycles. The van der Waals surface area contributed by atoms with Crippen LogP contribution in [0.15, 0.2) is 71.6 Å². The molecule has 0 saturated carbocycles. The summed E-state index contributed by atoms with van der Waals surface area (Å²) in [7, 11) is -2.65. The number of ether oxygens (including phenoxy) is 1. The molecule has 0 aliphatic heterocycles. The highest BCUT2D eigenvalue weighted by molar-refractivity contribution is 7.92. The molecular weight excluding hydrogens is 412 g/mol. The maximum Gasteiger partial charge on any atom is 0.265 e. The van der Waals surface area contributed by atoms with Crippen LogP contribution in [-0.2, 0) is 10.0 Å². The zero-order valence-corrected chi connectivity index (χ0v) is 17.3. The van der Waals surface area contributed by atoms with Crippen LogP contribution in [0.5, 0.6) is 5.75 Å². The van der Waals surface area contributed by atoms with Gasteiger partial charge in [0.25, 0.3) is 15.9 Å². The molecule has 0 unspecified atom stereocenters. The van der Waals surface area contributed by atoms with Gasteiger partial charge in [-0.15, -0.1) is 0 Å². The first kappa shape index (κ1) is 20.7. The van der Waals surface area contributed by atoms with E-state index in [0.29, 0.717) is 11.3 Å². The Morgan fingerprint density at radius 2 is 1.76 bits per heavy atom. The zero-order valence-electron chi connectivity index (χ0n) is 15.8. The van der Waals surface area contributed by atoms with Gasteiger partial charge in [-0.25, -0.2) is 8.42 Å². The first-order valence-corrected chi connectivity index (χ1v) is 10.5. The summed E-state index contributed by atoms with van der Waals surface area (Å²) in [6.07, 6.45) is 0. The van der Waals surface area contributed by atoms with E-state index in [1.807, 2.05) is 13.0 Å². The average Bonchev–Trinajstić information content (AvgIpc) is 2.69. The van der Waals surface area contributed by atoms with Crippen LogP contribution in [0.1, 0.15) is 15.9 Å². The number of methoxy groups -OCH3 is 1. The lowest BCUT2D eigenvalue weighted by Crippen LogP contribution is -2.16. The van der Waals surface area contributed by atoms with Crippen LogP contribution in [0.25, 0.3) is 0 Å². The predicted octanol–water partition coefficient (Wildman–Crippen LogP) is 4.71. The number of halogens is 1. The highest BCUT2D eigenvalue weighted by atomic mass is 35.5. The molecule has 0 aliphatic rings. The third-order valence-corrected chi connectivity index (χ3v) is 5.83. The minimum Gasteiger partial charge on any atom is -0.495 e. The summed E-state index contributed by atoms with van der Waals surface area (Å²) < 4.78 is 33.5. The number of sulfonamides is 1. The van der Waals surface area contributed by atoms with Crippen molar-refractivity contribution in [3.05, 3.63) is 82.9 Å². The third-order valence-electron chi connectivity index (χ3n) is 4.11. The first-order chi connectivity index (χ1) is 13.8. The number of rotatable bonds is 6. The van der Waals surface area contributed by atoms with Crippen LogP contribution < -0.4 is 14.8 Å². The molecule has 29 heavy (non-hydrogen) atoms. The standard InChI is InChI=1S/C21H19ClN2O4S/c1-14-6-5-7-15(12-14)21(25)23-16-10-11-19(28-2)20(13-16)29(26,27)24-18-9-4-3-8-17(18)22/h3-13,24H,1-2H3,(H,23,25). The van der Waals surface area contributed by atoms with E-state index in [1.54, 1.807) is 48.5 Å². The van der Waals surface area contributed by atoms with Crippen LogP contribution in [0, 0.1) is 6.92 Å². The van der Waals surface area contributed by atoms with Gasteiger partial charge in [-0.05, 0) is 49.4 Å². The van der Waals surface area contributed by atoms with Crippen molar-refractivity contribution in [2.75, 3.05) is 17.1 Å². The molecule has 0 atom stereocenters. The Hall–Kier alpha value is -3.03. The Bertz CT molecular complexity index is 1160. The van der Waals surface area contributed by atoms with Gasteiger partial charge in [0.15, 0.2) is 0 Å². The highest BCUT2D eigenvalue weighted by Gasteiger charge is 2.22. The van der Waals surface area contributed by atoms with Crippen molar-refractivity contribution < 1.29 is 17.9 Å². The van der Waals surface area contributed by atoms with Crippen molar-refractivity contribution in [2.45, 2.75) is 11.8 Å². The van der Waals surface area contributed by atoms with Crippen molar-refractivity contribution >= 4 is 38.9 Å². The fourth-order valence-electron chi connectivity index (χ4n) is 2.70. The van der Waals surface area contributed by atoms with Crippen molar-refractivity contribution in [1.82, 2.24) is 0 Å². The van der Waals surface area contributed by atoms with E-state index in [4.69, 9.17) is 16.3 Å². The van der Waals surface area contributed by atoms with Crippen LogP contribution >= 0.6 is 11.6 Å². The minimum atomic E-state index is -4.02. The molecule has 0 fully saturated rings. The number of hydrogen-bond acceptors (Lipinski definition) is 4. The number of para-hydroxylation sites is 1. The fraction of sp³-hybridized carbons (Fsp3) is 0.0952. The van der Waals surface area contributed by atoms with Gasteiger partial charge in [0.1, 0.15) is 10.6 Å². The zero-order chi connectivity index (χ0) is 21.0. The smallest absolute Gasteiger partial charge is 0.265 e. The van der Waals surface area contributed by atoms with Crippen LogP contribution in [0.3, 0.4) is 0 Å². The van der Waals surface area contributed by atoms with Gasteiger partial charge in [0.05, 0.1) is 17.8 Å². The maximum atomic E-state index is 12.9. The normalized spacial score (nSPS) is 11.0. The Morgan fingerprint density at radius 1 is 1.00 bits per heavy atom. The molecule has 0 radical (unpaired) electrons. The topological polar surface area (TPSA) is 84.5 Å². The number of nitrogens with one attached hydrogen (secondary N) is 2. The second-order valence-corrected chi connectivity index (χ2v) is 8.33. The Kier molecular flexibility index (Phi) is 6.10. The monoisotopic (exact) mass is 430 g/mol. The van der Waals surface area contributed by atoms with Crippen molar-refractivity contribution in [3.8, 4) is 5.75 Å². The Morgan fingerprint density at radius 3 is 2.45 bits per heavy atom. The van der Waals surface area contributed by atoms with Gasteiger partial charge in [0, 0.05) is 11.3 Å². The summed E-state index contributed by atoms with van der Waals surface area (Å²) in [6.45, 7) is 1.88. The van der Waals surface area contributed by atoms with Crippen molar-refractivity contribution in [3.63, 3.8) is 0 Å². The molecular formula is C21H19ClN2O4S. The van der Waals surface area contributed by atoms with E-state index in [1.165, 1.54) is 19.2 Å². The third kappa shape index (κ3) is 4.88. The number of anilines is 2. The lowest BCUT2D eigenvalue weighted by atomic mass is 10.1. The maximum absolute atomic E-state index is 12.9.